The SMILES string of the molecule is O=C(c1sccc1Cl)N1CCCC(c2nc(-c3cccnc3)ncc2-c2ccccc2F)C1. The van der Waals surface area contributed by atoms with Gasteiger partial charge in [-0.25, -0.2) is 14.4 Å². The van der Waals surface area contributed by atoms with E-state index in [1.165, 1.54) is 17.4 Å². The summed E-state index contributed by atoms with van der Waals surface area (Å²) >= 11 is 7.56. The van der Waals surface area contributed by atoms with Gasteiger partial charge in [-0.1, -0.05) is 29.8 Å². The van der Waals surface area contributed by atoms with E-state index < -0.39 is 0 Å². The lowest BCUT2D eigenvalue weighted by molar-refractivity contribution is 0.0711. The highest BCUT2D eigenvalue weighted by atomic mass is 35.5. The zero-order chi connectivity index (χ0) is 22.8. The van der Waals surface area contributed by atoms with E-state index in [2.05, 4.69) is 9.97 Å². The number of hydrogen-bond donors (Lipinski definition) is 0. The second-order valence-electron chi connectivity index (χ2n) is 7.90. The number of carbonyl (C=O) groups is 1. The summed E-state index contributed by atoms with van der Waals surface area (Å²) in [6, 6.07) is 12.1. The number of benzene rings is 1. The van der Waals surface area contributed by atoms with Gasteiger partial charge in [0.1, 0.15) is 10.7 Å². The fourth-order valence-electron chi connectivity index (χ4n) is 4.20. The van der Waals surface area contributed by atoms with Crippen molar-refractivity contribution >= 4 is 28.8 Å². The van der Waals surface area contributed by atoms with Crippen LogP contribution in [0.25, 0.3) is 22.5 Å². The Labute approximate surface area is 199 Å². The van der Waals surface area contributed by atoms with Crippen molar-refractivity contribution in [3.05, 3.63) is 87.8 Å². The highest BCUT2D eigenvalue weighted by molar-refractivity contribution is 7.12. The summed E-state index contributed by atoms with van der Waals surface area (Å²) < 4.78 is 14.7. The summed E-state index contributed by atoms with van der Waals surface area (Å²) in [4.78, 5) is 29.0. The summed E-state index contributed by atoms with van der Waals surface area (Å²) in [7, 11) is 0. The Morgan fingerprint density at radius 3 is 2.76 bits per heavy atom. The monoisotopic (exact) mass is 478 g/mol. The highest BCUT2D eigenvalue weighted by Crippen LogP contribution is 2.36. The number of thiophene rings is 1. The Bertz CT molecular complexity index is 1300. The Balaban J connectivity index is 1.55. The van der Waals surface area contributed by atoms with Gasteiger partial charge in [0.05, 0.1) is 10.7 Å². The molecular formula is C25H20ClFN4OS. The smallest absolute Gasteiger partial charge is 0.265 e. The average molecular weight is 479 g/mol. The lowest BCUT2D eigenvalue weighted by Crippen LogP contribution is -2.39. The van der Waals surface area contributed by atoms with Crippen molar-refractivity contribution in [2.45, 2.75) is 18.8 Å². The van der Waals surface area contributed by atoms with Crippen LogP contribution < -0.4 is 0 Å². The molecule has 1 aromatic carbocycles. The van der Waals surface area contributed by atoms with Crippen molar-refractivity contribution < 1.29 is 9.18 Å². The Hall–Kier alpha value is -3.16. The van der Waals surface area contributed by atoms with Crippen LogP contribution in [0.3, 0.4) is 0 Å². The summed E-state index contributed by atoms with van der Waals surface area (Å²) in [5, 5.41) is 2.29. The zero-order valence-electron chi connectivity index (χ0n) is 17.6. The van der Waals surface area contributed by atoms with Crippen molar-refractivity contribution in [3.63, 3.8) is 0 Å². The molecule has 1 fully saturated rings. The van der Waals surface area contributed by atoms with Crippen LogP contribution in [0.15, 0.2) is 66.4 Å². The van der Waals surface area contributed by atoms with E-state index >= 15 is 0 Å². The summed E-state index contributed by atoms with van der Waals surface area (Å²) in [6.45, 7) is 1.14. The largest absolute Gasteiger partial charge is 0.337 e. The van der Waals surface area contributed by atoms with Gasteiger partial charge in [0.15, 0.2) is 5.82 Å². The molecule has 5 nitrogen and oxygen atoms in total. The molecule has 0 N–H and O–H groups in total. The molecule has 0 spiro atoms. The van der Waals surface area contributed by atoms with Crippen LogP contribution >= 0.6 is 22.9 Å². The molecule has 0 saturated carbocycles. The molecule has 4 aromatic rings. The van der Waals surface area contributed by atoms with Crippen LogP contribution in [0.2, 0.25) is 5.02 Å². The summed E-state index contributed by atoms with van der Waals surface area (Å²) in [5.74, 6) is 0.0664. The molecule has 1 atom stereocenters. The fraction of sp³-hybridized carbons (Fsp3) is 0.200. The number of aromatic nitrogens is 3. The van der Waals surface area contributed by atoms with Gasteiger partial charge in [-0.3, -0.25) is 9.78 Å². The maximum absolute atomic E-state index is 14.7. The molecule has 3 aromatic heterocycles. The predicted octanol–water partition coefficient (Wildman–Crippen LogP) is 6.08. The van der Waals surface area contributed by atoms with E-state index in [0.717, 1.165) is 24.1 Å². The van der Waals surface area contributed by atoms with Crippen LogP contribution in [-0.2, 0) is 0 Å². The number of pyridine rings is 1. The average Bonchev–Trinajstić information content (AvgIpc) is 3.30. The molecular weight excluding hydrogens is 459 g/mol. The van der Waals surface area contributed by atoms with Gasteiger partial charge < -0.3 is 4.90 Å². The molecule has 8 heteroatoms. The first-order valence-corrected chi connectivity index (χ1v) is 11.9. The van der Waals surface area contributed by atoms with E-state index in [-0.39, 0.29) is 17.6 Å². The number of likely N-dealkylation sites (tertiary alicyclic amines) is 1. The molecule has 166 valence electrons. The Morgan fingerprint density at radius 2 is 2.00 bits per heavy atom. The van der Waals surface area contributed by atoms with Gasteiger partial charge in [0.2, 0.25) is 0 Å². The molecule has 33 heavy (non-hydrogen) atoms. The van der Waals surface area contributed by atoms with Gasteiger partial charge in [0.25, 0.3) is 5.91 Å². The molecule has 1 aliphatic rings. The predicted molar refractivity (Wildman–Crippen MR) is 128 cm³/mol. The maximum atomic E-state index is 14.7. The van der Waals surface area contributed by atoms with E-state index in [0.29, 0.717) is 39.9 Å². The number of halogens is 2. The Kier molecular flexibility index (Phi) is 6.15. The van der Waals surface area contributed by atoms with Crippen LogP contribution in [0, 0.1) is 5.82 Å². The topological polar surface area (TPSA) is 59.0 Å². The third-order valence-corrected chi connectivity index (χ3v) is 7.14. The second kappa shape index (κ2) is 9.37. The van der Waals surface area contributed by atoms with Crippen molar-refractivity contribution in [2.24, 2.45) is 0 Å². The number of amides is 1. The highest BCUT2D eigenvalue weighted by Gasteiger charge is 2.30. The molecule has 1 saturated heterocycles. The fourth-order valence-corrected chi connectivity index (χ4v) is 5.31. The minimum absolute atomic E-state index is 0.0607. The lowest BCUT2D eigenvalue weighted by Gasteiger charge is -2.33. The van der Waals surface area contributed by atoms with Crippen molar-refractivity contribution in [1.29, 1.82) is 0 Å². The number of hydrogen-bond acceptors (Lipinski definition) is 5. The standard InChI is InChI=1S/C25H20ClFN4OS/c26-20-9-12-33-23(20)25(32)31-11-4-6-17(15-31)22-19(18-7-1-2-8-21(18)27)14-29-24(30-22)16-5-3-10-28-13-16/h1-3,5,7-10,12-14,17H,4,6,11,15H2. The molecule has 4 heterocycles. The molecule has 1 unspecified atom stereocenters. The first-order chi connectivity index (χ1) is 16.1. The van der Waals surface area contributed by atoms with Crippen molar-refractivity contribution in [1.82, 2.24) is 19.9 Å². The minimum atomic E-state index is -0.328. The van der Waals surface area contributed by atoms with Crippen LogP contribution in [0.1, 0.15) is 34.1 Å². The molecule has 0 radical (unpaired) electrons. The van der Waals surface area contributed by atoms with Crippen molar-refractivity contribution in [3.8, 4) is 22.5 Å². The maximum Gasteiger partial charge on any atom is 0.265 e. The number of nitrogens with zero attached hydrogens (tertiary/aromatic N) is 4. The van der Waals surface area contributed by atoms with E-state index in [9.17, 15) is 9.18 Å². The molecule has 0 bridgehead atoms. The first-order valence-electron chi connectivity index (χ1n) is 10.7. The summed E-state index contributed by atoms with van der Waals surface area (Å²) in [5.41, 5.74) is 2.63. The van der Waals surface area contributed by atoms with Gasteiger partial charge in [-0.15, -0.1) is 11.3 Å². The van der Waals surface area contributed by atoms with Gasteiger partial charge >= 0.3 is 0 Å². The molecule has 5 rings (SSSR count). The normalized spacial score (nSPS) is 16.1. The number of rotatable bonds is 4. The van der Waals surface area contributed by atoms with E-state index in [1.807, 2.05) is 22.4 Å². The van der Waals surface area contributed by atoms with E-state index in [4.69, 9.17) is 16.6 Å². The van der Waals surface area contributed by atoms with Crippen molar-refractivity contribution in [2.75, 3.05) is 13.1 Å². The molecule has 0 aliphatic carbocycles. The third-order valence-electron chi connectivity index (χ3n) is 5.81. The minimum Gasteiger partial charge on any atom is -0.337 e. The van der Waals surface area contributed by atoms with Crippen LogP contribution in [-0.4, -0.2) is 38.8 Å². The summed E-state index contributed by atoms with van der Waals surface area (Å²) in [6.07, 6.45) is 6.74. The van der Waals surface area contributed by atoms with Crippen LogP contribution in [0.5, 0.6) is 0 Å². The second-order valence-corrected chi connectivity index (χ2v) is 9.23. The van der Waals surface area contributed by atoms with Crippen LogP contribution in [0.4, 0.5) is 4.39 Å². The van der Waals surface area contributed by atoms with Gasteiger partial charge in [0, 0.05) is 54.3 Å². The van der Waals surface area contributed by atoms with Gasteiger partial charge in [-0.2, -0.15) is 0 Å². The third kappa shape index (κ3) is 4.38. The zero-order valence-corrected chi connectivity index (χ0v) is 19.2. The molecule has 1 amide bonds. The number of carbonyl (C=O) groups excluding carboxylic acids is 1. The quantitative estimate of drug-likeness (QED) is 0.356. The Morgan fingerprint density at radius 1 is 1.12 bits per heavy atom. The molecule has 1 aliphatic heterocycles. The first kappa shape index (κ1) is 21.7. The number of piperidine rings is 1. The van der Waals surface area contributed by atoms with E-state index in [1.54, 1.807) is 42.9 Å². The lowest BCUT2D eigenvalue weighted by atomic mass is 9.89. The van der Waals surface area contributed by atoms with Gasteiger partial charge in [-0.05, 0) is 42.5 Å².